The van der Waals surface area contributed by atoms with Gasteiger partial charge in [-0.15, -0.1) is 0 Å². The molecule has 0 saturated carbocycles. The number of aromatic hydroxyl groups is 1. The lowest BCUT2D eigenvalue weighted by Gasteiger charge is -2.41. The molecule has 46 heavy (non-hydrogen) atoms. The van der Waals surface area contributed by atoms with E-state index < -0.39 is 29.0 Å². The van der Waals surface area contributed by atoms with E-state index in [0.717, 1.165) is 28.3 Å². The van der Waals surface area contributed by atoms with E-state index in [9.17, 15) is 19.0 Å². The van der Waals surface area contributed by atoms with Gasteiger partial charge in [-0.3, -0.25) is 4.99 Å². The molecule has 0 spiro atoms. The Hall–Kier alpha value is -3.05. The number of hydrogen-bond acceptors (Lipinski definition) is 3. The van der Waals surface area contributed by atoms with E-state index in [1.165, 1.54) is 6.21 Å². The first-order valence-electron chi connectivity index (χ1n) is 16.6. The molecular weight excluding hydrogens is 576 g/mol. The van der Waals surface area contributed by atoms with Gasteiger partial charge in [-0.2, -0.15) is 0 Å². The molecule has 2 N–H and O–H groups in total. The number of nitrogens with zero attached hydrogens (tertiary/aromatic N) is 1. The van der Waals surface area contributed by atoms with Crippen molar-refractivity contribution in [2.45, 2.75) is 137 Å². The fourth-order valence-corrected chi connectivity index (χ4v) is 5.67. The van der Waals surface area contributed by atoms with E-state index in [-0.39, 0.29) is 33.1 Å². The van der Waals surface area contributed by atoms with Gasteiger partial charge in [0.1, 0.15) is 11.4 Å². The van der Waals surface area contributed by atoms with Crippen LogP contribution in [0.1, 0.15) is 142 Å². The summed E-state index contributed by atoms with van der Waals surface area (Å²) in [4.78, 5) is 4.93. The molecule has 0 aliphatic rings. The van der Waals surface area contributed by atoms with Crippen LogP contribution in [0, 0.1) is 17.6 Å². The molecule has 0 aromatic heterocycles. The molecule has 3 aromatic carbocycles. The molecule has 0 aliphatic heterocycles. The van der Waals surface area contributed by atoms with E-state index in [4.69, 9.17) is 4.99 Å². The van der Waals surface area contributed by atoms with Crippen LogP contribution >= 0.6 is 0 Å². The molecule has 5 heteroatoms. The van der Waals surface area contributed by atoms with Crippen molar-refractivity contribution in [1.82, 2.24) is 0 Å². The molecule has 0 radical (unpaired) electrons. The summed E-state index contributed by atoms with van der Waals surface area (Å²) in [6.07, 6.45) is 1.99. The Kier molecular flexibility index (Phi) is 10.5. The van der Waals surface area contributed by atoms with Gasteiger partial charge in [0, 0.05) is 17.8 Å². The van der Waals surface area contributed by atoms with Crippen LogP contribution in [0.3, 0.4) is 0 Å². The highest BCUT2D eigenvalue weighted by molar-refractivity contribution is 5.83. The van der Waals surface area contributed by atoms with Crippen LogP contribution in [0.25, 0.3) is 0 Å². The maximum absolute atomic E-state index is 14.4. The van der Waals surface area contributed by atoms with Gasteiger partial charge in [0.05, 0.1) is 6.04 Å². The Labute approximate surface area is 277 Å². The fraction of sp³-hybridized carbons (Fsp3) is 0.537. The Bertz CT molecular complexity index is 1440. The SMILES string of the molecule is CCC(C)C(N=Cc1cc(F)cc(F)c1O)C(O)(c1cc(C(C)(C)C)cc(C(C)(C)C)c1)c1cc(C(C)(C)C)cc(C(C)(C)C)c1. The van der Waals surface area contributed by atoms with Crippen LogP contribution in [0.2, 0.25) is 0 Å². The average Bonchev–Trinajstić information content (AvgIpc) is 2.92. The molecule has 2 atom stereocenters. The van der Waals surface area contributed by atoms with Crippen molar-refractivity contribution in [2.75, 3.05) is 0 Å². The normalized spacial score (nSPS) is 15.0. The van der Waals surface area contributed by atoms with Crippen molar-refractivity contribution in [3.8, 4) is 5.75 Å². The summed E-state index contributed by atoms with van der Waals surface area (Å²) < 4.78 is 28.7. The van der Waals surface area contributed by atoms with Gasteiger partial charge in [0.25, 0.3) is 0 Å². The molecule has 0 bridgehead atoms. The van der Waals surface area contributed by atoms with Crippen molar-refractivity contribution in [2.24, 2.45) is 10.9 Å². The monoisotopic (exact) mass is 633 g/mol. The molecule has 3 aromatic rings. The number of aliphatic hydroxyl groups is 1. The van der Waals surface area contributed by atoms with E-state index >= 15 is 0 Å². The minimum atomic E-state index is -1.64. The summed E-state index contributed by atoms with van der Waals surface area (Å²) in [6.45, 7) is 30.1. The Morgan fingerprint density at radius 3 is 1.30 bits per heavy atom. The zero-order valence-corrected chi connectivity index (χ0v) is 30.7. The van der Waals surface area contributed by atoms with E-state index in [1.54, 1.807) is 0 Å². The van der Waals surface area contributed by atoms with Gasteiger partial charge >= 0.3 is 0 Å². The van der Waals surface area contributed by atoms with Crippen LogP contribution < -0.4 is 0 Å². The quantitative estimate of drug-likeness (QED) is 0.254. The lowest BCUT2D eigenvalue weighted by molar-refractivity contribution is 0.0325. The van der Waals surface area contributed by atoms with Gasteiger partial charge in [0.2, 0.25) is 0 Å². The molecule has 3 rings (SSSR count). The second-order valence-electron chi connectivity index (χ2n) is 17.3. The standard InChI is InChI=1S/C41H57F2NO2/c1-15-25(2)36(44-24-26-16-33(42)23-34(43)35(26)45)41(46,31-19-27(37(3,4)5)17-28(20-31)38(6,7)8)32-21-29(39(9,10)11)18-30(22-32)40(12,13)14/h16-25,36,45-46H,15H2,1-14H3. The molecule has 252 valence electrons. The first-order chi connectivity index (χ1) is 20.8. The summed E-state index contributed by atoms with van der Waals surface area (Å²) >= 11 is 0. The third-order valence-corrected chi connectivity index (χ3v) is 9.25. The third-order valence-electron chi connectivity index (χ3n) is 9.25. The van der Waals surface area contributed by atoms with E-state index in [1.807, 2.05) is 13.8 Å². The second-order valence-corrected chi connectivity index (χ2v) is 17.3. The summed E-state index contributed by atoms with van der Waals surface area (Å²) in [5.74, 6) is -2.70. The van der Waals surface area contributed by atoms with Crippen LogP contribution in [-0.4, -0.2) is 22.5 Å². The van der Waals surface area contributed by atoms with Gasteiger partial charge < -0.3 is 10.2 Å². The highest BCUT2D eigenvalue weighted by atomic mass is 19.1. The van der Waals surface area contributed by atoms with E-state index in [2.05, 4.69) is 119 Å². The molecular formula is C41H57F2NO2. The molecule has 0 aliphatic carbocycles. The molecule has 0 heterocycles. The number of benzene rings is 3. The number of halogens is 2. The van der Waals surface area contributed by atoms with Crippen LogP contribution in [-0.2, 0) is 27.3 Å². The first kappa shape index (κ1) is 37.4. The zero-order chi connectivity index (χ0) is 35.2. The minimum Gasteiger partial charge on any atom is -0.504 e. The van der Waals surface area contributed by atoms with Gasteiger partial charge in [-0.05, 0) is 67.0 Å². The lowest BCUT2D eigenvalue weighted by atomic mass is 9.69. The largest absolute Gasteiger partial charge is 0.504 e. The summed E-state index contributed by atoms with van der Waals surface area (Å²) in [7, 11) is 0. The van der Waals surface area contributed by atoms with Crippen molar-refractivity contribution >= 4 is 6.21 Å². The Morgan fingerprint density at radius 2 is 0.978 bits per heavy atom. The van der Waals surface area contributed by atoms with Crippen LogP contribution in [0.5, 0.6) is 5.75 Å². The summed E-state index contributed by atoms with van der Waals surface area (Å²) in [5, 5.41) is 24.1. The average molecular weight is 634 g/mol. The van der Waals surface area contributed by atoms with Crippen molar-refractivity contribution < 1.29 is 19.0 Å². The fourth-order valence-electron chi connectivity index (χ4n) is 5.67. The summed E-state index contributed by atoms with van der Waals surface area (Å²) in [6, 6.07) is 13.8. The predicted molar refractivity (Wildman–Crippen MR) is 190 cm³/mol. The molecule has 0 saturated heterocycles. The van der Waals surface area contributed by atoms with Crippen LogP contribution in [0.15, 0.2) is 53.5 Å². The maximum atomic E-state index is 14.4. The Balaban J connectivity index is 2.57. The molecule has 0 amide bonds. The Morgan fingerprint density at radius 1 is 0.630 bits per heavy atom. The van der Waals surface area contributed by atoms with Gasteiger partial charge in [-0.1, -0.05) is 140 Å². The number of rotatable bonds is 7. The number of aliphatic imine (C=N–C) groups is 1. The third kappa shape index (κ3) is 8.08. The van der Waals surface area contributed by atoms with Gasteiger partial charge in [-0.25, -0.2) is 8.78 Å². The van der Waals surface area contributed by atoms with Crippen molar-refractivity contribution in [3.63, 3.8) is 0 Å². The van der Waals surface area contributed by atoms with Crippen molar-refractivity contribution in [3.05, 3.63) is 99.1 Å². The number of phenolic OH excluding ortho intramolecular Hbond substituents is 1. The van der Waals surface area contributed by atoms with E-state index in [0.29, 0.717) is 23.6 Å². The maximum Gasteiger partial charge on any atom is 0.168 e. The topological polar surface area (TPSA) is 52.8 Å². The predicted octanol–water partition coefficient (Wildman–Crippen LogP) is 10.6. The van der Waals surface area contributed by atoms with Gasteiger partial charge in [0.15, 0.2) is 11.6 Å². The molecule has 3 nitrogen and oxygen atoms in total. The number of hydrogen-bond donors (Lipinski definition) is 2. The van der Waals surface area contributed by atoms with Crippen molar-refractivity contribution in [1.29, 1.82) is 0 Å². The number of phenols is 1. The lowest BCUT2D eigenvalue weighted by Crippen LogP contribution is -2.44. The highest BCUT2D eigenvalue weighted by Crippen LogP contribution is 2.45. The van der Waals surface area contributed by atoms with Crippen LogP contribution in [0.4, 0.5) is 8.78 Å². The minimum absolute atomic E-state index is 0.0780. The zero-order valence-electron chi connectivity index (χ0n) is 30.7. The smallest absolute Gasteiger partial charge is 0.168 e. The second kappa shape index (κ2) is 12.9. The first-order valence-corrected chi connectivity index (χ1v) is 16.6. The molecule has 2 unspecified atom stereocenters. The summed E-state index contributed by atoms with van der Waals surface area (Å²) in [5.41, 5.74) is 3.24. The highest BCUT2D eigenvalue weighted by Gasteiger charge is 2.45. The molecule has 0 fully saturated rings.